The Morgan fingerprint density at radius 1 is 1.00 bits per heavy atom. The van der Waals surface area contributed by atoms with Crippen LogP contribution in [0.2, 0.25) is 0 Å². The van der Waals surface area contributed by atoms with E-state index in [9.17, 15) is 19.5 Å². The van der Waals surface area contributed by atoms with Crippen LogP contribution < -0.4 is 15.8 Å². The Morgan fingerprint density at radius 2 is 1.61 bits per heavy atom. The van der Waals surface area contributed by atoms with Gasteiger partial charge >= 0.3 is 0 Å². The van der Waals surface area contributed by atoms with E-state index < -0.39 is 29.9 Å². The van der Waals surface area contributed by atoms with Gasteiger partial charge in [0.1, 0.15) is 12.1 Å². The number of carbonyl (C=O) groups is 3. The van der Waals surface area contributed by atoms with Gasteiger partial charge in [0.2, 0.25) is 5.91 Å². The third kappa shape index (κ3) is 4.77. The number of hydrazine groups is 1. The number of hydrogen-bond acceptors (Lipinski definition) is 4. The molecule has 0 spiro atoms. The van der Waals surface area contributed by atoms with Crippen molar-refractivity contribution >= 4 is 23.4 Å². The number of hydrogen-bond donors (Lipinski definition) is 3. The average Bonchev–Trinajstić information content (AvgIpc) is 2.83. The summed E-state index contributed by atoms with van der Waals surface area (Å²) in [5, 5.41) is 13.8. The zero-order chi connectivity index (χ0) is 22.7. The van der Waals surface area contributed by atoms with E-state index in [-0.39, 0.29) is 11.8 Å². The quantitative estimate of drug-likeness (QED) is 0.665. The molecule has 3 atom stereocenters. The molecule has 0 aromatic heterocycles. The van der Waals surface area contributed by atoms with Gasteiger partial charge in [0.25, 0.3) is 11.8 Å². The molecular formula is C24H29N3O4. The summed E-state index contributed by atoms with van der Waals surface area (Å²) in [7, 11) is 0. The van der Waals surface area contributed by atoms with Crippen molar-refractivity contribution in [2.45, 2.75) is 52.2 Å². The molecular weight excluding hydrogens is 394 g/mol. The number of para-hydroxylation sites is 1. The largest absolute Gasteiger partial charge is 0.383 e. The Labute approximate surface area is 182 Å². The molecule has 7 heteroatoms. The normalized spacial score (nSPS) is 17.3. The Kier molecular flexibility index (Phi) is 6.75. The number of nitrogens with zero attached hydrogens (tertiary/aromatic N) is 1. The molecule has 0 saturated carbocycles. The van der Waals surface area contributed by atoms with Crippen LogP contribution >= 0.6 is 0 Å². The molecule has 164 valence electrons. The fourth-order valence-electron chi connectivity index (χ4n) is 3.71. The molecule has 2 aromatic rings. The van der Waals surface area contributed by atoms with Crippen molar-refractivity contribution in [2.24, 2.45) is 5.92 Å². The molecule has 1 aliphatic heterocycles. The third-order valence-corrected chi connectivity index (χ3v) is 5.42. The molecule has 0 aliphatic carbocycles. The van der Waals surface area contributed by atoms with Crippen molar-refractivity contribution in [3.8, 4) is 11.1 Å². The van der Waals surface area contributed by atoms with Gasteiger partial charge in [-0.2, -0.15) is 0 Å². The number of aliphatic hydroxyl groups is 1. The fraction of sp³-hybridized carbons (Fsp3) is 0.375. The van der Waals surface area contributed by atoms with Crippen LogP contribution in [0.15, 0.2) is 48.5 Å². The van der Waals surface area contributed by atoms with Crippen molar-refractivity contribution in [3.05, 3.63) is 54.1 Å². The van der Waals surface area contributed by atoms with Crippen molar-refractivity contribution in [1.29, 1.82) is 0 Å². The van der Waals surface area contributed by atoms with Gasteiger partial charge in [0.15, 0.2) is 0 Å². The summed E-state index contributed by atoms with van der Waals surface area (Å²) in [5.74, 6) is -1.77. The predicted octanol–water partition coefficient (Wildman–Crippen LogP) is 2.75. The monoisotopic (exact) mass is 423 g/mol. The van der Waals surface area contributed by atoms with Gasteiger partial charge in [-0.15, -0.1) is 0 Å². The summed E-state index contributed by atoms with van der Waals surface area (Å²) in [6.45, 7) is 7.11. The maximum Gasteiger partial charge on any atom is 0.261 e. The molecule has 7 nitrogen and oxygen atoms in total. The van der Waals surface area contributed by atoms with E-state index in [0.29, 0.717) is 12.1 Å². The molecule has 2 unspecified atom stereocenters. The summed E-state index contributed by atoms with van der Waals surface area (Å²) in [4.78, 5) is 38.3. The van der Waals surface area contributed by atoms with Gasteiger partial charge in [-0.3, -0.25) is 19.8 Å². The highest BCUT2D eigenvalue weighted by Crippen LogP contribution is 2.39. The number of anilines is 1. The van der Waals surface area contributed by atoms with Crippen LogP contribution in [0.4, 0.5) is 5.69 Å². The topological polar surface area (TPSA) is 98.7 Å². The maximum atomic E-state index is 13.3. The minimum Gasteiger partial charge on any atom is -0.383 e. The summed E-state index contributed by atoms with van der Waals surface area (Å²) in [5.41, 5.74) is 5.89. The second-order valence-electron chi connectivity index (χ2n) is 8.35. The van der Waals surface area contributed by atoms with Gasteiger partial charge in [0, 0.05) is 5.56 Å². The van der Waals surface area contributed by atoms with Gasteiger partial charge in [-0.1, -0.05) is 56.3 Å². The number of rotatable bonds is 6. The Morgan fingerprint density at radius 3 is 2.29 bits per heavy atom. The predicted molar refractivity (Wildman–Crippen MR) is 119 cm³/mol. The van der Waals surface area contributed by atoms with Crippen molar-refractivity contribution in [2.75, 3.05) is 5.01 Å². The van der Waals surface area contributed by atoms with Crippen LogP contribution in [-0.4, -0.2) is 35.0 Å². The minimum atomic E-state index is -1.19. The molecule has 1 aliphatic rings. The highest BCUT2D eigenvalue weighted by Gasteiger charge is 2.33. The van der Waals surface area contributed by atoms with Gasteiger partial charge in [-0.25, -0.2) is 5.01 Å². The van der Waals surface area contributed by atoms with E-state index in [1.165, 1.54) is 11.9 Å². The molecule has 31 heavy (non-hydrogen) atoms. The van der Waals surface area contributed by atoms with Crippen LogP contribution in [0.25, 0.3) is 11.1 Å². The van der Waals surface area contributed by atoms with E-state index in [0.717, 1.165) is 16.7 Å². The zero-order valence-electron chi connectivity index (χ0n) is 18.3. The van der Waals surface area contributed by atoms with E-state index in [2.05, 4.69) is 10.7 Å². The lowest BCUT2D eigenvalue weighted by molar-refractivity contribution is -0.134. The van der Waals surface area contributed by atoms with Gasteiger partial charge < -0.3 is 10.4 Å². The highest BCUT2D eigenvalue weighted by atomic mass is 16.3. The van der Waals surface area contributed by atoms with Gasteiger partial charge in [0.05, 0.1) is 11.6 Å². The number of aliphatic hydroxyl groups excluding tert-OH is 1. The standard InChI is InChI=1S/C24H29N3O4/c1-14(2)13-21(28)23(30)25-16(4)22(29)26-27-20-12-8-7-11-19(20)18-10-6-5-9-17(18)15(3)24(27)31/h5-12,14-16,21,28H,13H2,1-4H3,(H,25,30)(H,26,29)/t15?,16-,21?/m0/s1. The van der Waals surface area contributed by atoms with E-state index in [1.807, 2.05) is 50.2 Å². The number of benzene rings is 2. The summed E-state index contributed by atoms with van der Waals surface area (Å²) in [6, 6.07) is 14.1. The number of carbonyl (C=O) groups excluding carboxylic acids is 3. The third-order valence-electron chi connectivity index (χ3n) is 5.42. The summed E-state index contributed by atoms with van der Waals surface area (Å²) in [6.07, 6.45) is -0.890. The first-order valence-electron chi connectivity index (χ1n) is 10.5. The number of amides is 3. The van der Waals surface area contributed by atoms with Crippen molar-refractivity contribution in [3.63, 3.8) is 0 Å². The molecule has 3 rings (SSSR count). The SMILES string of the molecule is CC(C)CC(O)C(=O)N[C@@H](C)C(=O)NN1C(=O)C(C)c2ccccc2-c2ccccc21. The maximum absolute atomic E-state index is 13.3. The van der Waals surface area contributed by atoms with E-state index in [1.54, 1.807) is 19.1 Å². The van der Waals surface area contributed by atoms with Crippen LogP contribution in [-0.2, 0) is 14.4 Å². The number of nitrogens with one attached hydrogen (secondary N) is 2. The van der Waals surface area contributed by atoms with Gasteiger partial charge in [-0.05, 0) is 43.4 Å². The second-order valence-corrected chi connectivity index (χ2v) is 8.35. The summed E-state index contributed by atoms with van der Waals surface area (Å²) >= 11 is 0. The molecule has 1 heterocycles. The van der Waals surface area contributed by atoms with Crippen molar-refractivity contribution < 1.29 is 19.5 Å². The molecule has 0 radical (unpaired) electrons. The van der Waals surface area contributed by atoms with Crippen LogP contribution in [0, 0.1) is 5.92 Å². The zero-order valence-corrected chi connectivity index (χ0v) is 18.3. The Hall–Kier alpha value is -3.19. The lowest BCUT2D eigenvalue weighted by Gasteiger charge is -2.27. The molecule has 0 bridgehead atoms. The average molecular weight is 424 g/mol. The second kappa shape index (κ2) is 9.31. The van der Waals surface area contributed by atoms with E-state index in [4.69, 9.17) is 0 Å². The summed E-state index contributed by atoms with van der Waals surface area (Å²) < 4.78 is 0. The van der Waals surface area contributed by atoms with E-state index >= 15 is 0 Å². The first-order chi connectivity index (χ1) is 14.7. The molecule has 3 N–H and O–H groups in total. The molecule has 0 saturated heterocycles. The van der Waals surface area contributed by atoms with Crippen LogP contribution in [0.3, 0.4) is 0 Å². The fourth-order valence-corrected chi connectivity index (χ4v) is 3.71. The lowest BCUT2D eigenvalue weighted by atomic mass is 9.92. The highest BCUT2D eigenvalue weighted by molar-refractivity contribution is 6.06. The Bertz CT molecular complexity index is 988. The van der Waals surface area contributed by atoms with Crippen LogP contribution in [0.5, 0.6) is 0 Å². The molecule has 3 amide bonds. The smallest absolute Gasteiger partial charge is 0.261 e. The van der Waals surface area contributed by atoms with Crippen LogP contribution in [0.1, 0.15) is 45.6 Å². The molecule has 0 fully saturated rings. The number of fused-ring (bicyclic) bond motifs is 3. The first-order valence-corrected chi connectivity index (χ1v) is 10.5. The first kappa shape index (κ1) is 22.5. The van der Waals surface area contributed by atoms with Crippen molar-refractivity contribution in [1.82, 2.24) is 10.7 Å². The molecule has 2 aromatic carbocycles. The Balaban J connectivity index is 1.83. The lowest BCUT2D eigenvalue weighted by Crippen LogP contribution is -2.55. The minimum absolute atomic E-state index is 0.138.